The average Bonchev–Trinajstić information content (AvgIpc) is 2.93. The standard InChI is InChI=1S/C11H14N4O4S/c1-3-7(2)14(6-8(16)17)9-10(15(18)19)13-4-5-20-11(13)12-9/h4-5,7H,3,6H2,1-2H3,(H,16,17). The van der Waals surface area contributed by atoms with Gasteiger partial charge >= 0.3 is 11.8 Å². The molecule has 2 heterocycles. The van der Waals surface area contributed by atoms with E-state index in [4.69, 9.17) is 5.11 Å². The first kappa shape index (κ1) is 14.3. The van der Waals surface area contributed by atoms with Crippen LogP contribution in [0, 0.1) is 10.1 Å². The van der Waals surface area contributed by atoms with Crippen LogP contribution >= 0.6 is 11.3 Å². The molecule has 2 aromatic rings. The van der Waals surface area contributed by atoms with Crippen molar-refractivity contribution in [2.75, 3.05) is 11.4 Å². The molecule has 1 atom stereocenters. The van der Waals surface area contributed by atoms with Gasteiger partial charge in [-0.05, 0) is 18.3 Å². The van der Waals surface area contributed by atoms with Gasteiger partial charge in [-0.2, -0.15) is 9.38 Å². The lowest BCUT2D eigenvalue weighted by Crippen LogP contribution is -2.37. The largest absolute Gasteiger partial charge is 0.480 e. The first-order chi connectivity index (χ1) is 9.45. The molecule has 20 heavy (non-hydrogen) atoms. The molecule has 1 N–H and O–H groups in total. The zero-order valence-corrected chi connectivity index (χ0v) is 11.8. The number of carboxylic acids is 1. The van der Waals surface area contributed by atoms with Gasteiger partial charge < -0.3 is 20.1 Å². The highest BCUT2D eigenvalue weighted by molar-refractivity contribution is 7.15. The second kappa shape index (κ2) is 5.45. The van der Waals surface area contributed by atoms with Gasteiger partial charge in [0.2, 0.25) is 5.82 Å². The number of rotatable bonds is 6. The van der Waals surface area contributed by atoms with Gasteiger partial charge in [0.05, 0.1) is 0 Å². The Balaban J connectivity index is 2.57. The quantitative estimate of drug-likeness (QED) is 0.646. The van der Waals surface area contributed by atoms with Gasteiger partial charge in [-0.3, -0.25) is 4.79 Å². The predicted molar refractivity (Wildman–Crippen MR) is 74.5 cm³/mol. The Bertz CT molecular complexity index is 650. The molecule has 0 aromatic carbocycles. The van der Waals surface area contributed by atoms with Crippen LogP contribution in [0.1, 0.15) is 20.3 Å². The summed E-state index contributed by atoms with van der Waals surface area (Å²) < 4.78 is 1.37. The van der Waals surface area contributed by atoms with Gasteiger partial charge in [-0.25, -0.2) is 0 Å². The van der Waals surface area contributed by atoms with Crippen LogP contribution in [0.15, 0.2) is 11.6 Å². The summed E-state index contributed by atoms with van der Waals surface area (Å²) in [4.78, 5) is 27.9. The Kier molecular flexibility index (Phi) is 3.89. The lowest BCUT2D eigenvalue weighted by molar-refractivity contribution is -0.389. The Hall–Kier alpha value is -2.16. The Morgan fingerprint density at radius 2 is 2.40 bits per heavy atom. The first-order valence-electron chi connectivity index (χ1n) is 6.04. The number of thiazole rings is 1. The summed E-state index contributed by atoms with van der Waals surface area (Å²) in [7, 11) is 0. The van der Waals surface area contributed by atoms with Crippen molar-refractivity contribution < 1.29 is 14.8 Å². The van der Waals surface area contributed by atoms with Gasteiger partial charge in [-0.1, -0.05) is 18.3 Å². The average molecular weight is 298 g/mol. The zero-order valence-electron chi connectivity index (χ0n) is 11.0. The summed E-state index contributed by atoms with van der Waals surface area (Å²) in [5.74, 6) is -1.13. The van der Waals surface area contributed by atoms with E-state index in [0.717, 1.165) is 0 Å². The number of hydrogen-bond donors (Lipinski definition) is 1. The number of fused-ring (bicyclic) bond motifs is 1. The fourth-order valence-electron chi connectivity index (χ4n) is 1.93. The van der Waals surface area contributed by atoms with E-state index in [1.165, 1.54) is 20.6 Å². The molecule has 0 fully saturated rings. The van der Waals surface area contributed by atoms with E-state index in [1.54, 1.807) is 11.6 Å². The van der Waals surface area contributed by atoms with Crippen molar-refractivity contribution in [3.63, 3.8) is 0 Å². The van der Waals surface area contributed by atoms with E-state index < -0.39 is 10.9 Å². The second-order valence-corrected chi connectivity index (χ2v) is 5.22. The minimum Gasteiger partial charge on any atom is -0.480 e. The third-order valence-corrected chi connectivity index (χ3v) is 3.85. The van der Waals surface area contributed by atoms with Crippen molar-refractivity contribution in [1.82, 2.24) is 9.38 Å². The minimum atomic E-state index is -1.05. The maximum absolute atomic E-state index is 11.3. The number of carbonyl (C=O) groups is 1. The molecule has 0 saturated carbocycles. The first-order valence-corrected chi connectivity index (χ1v) is 6.92. The normalized spacial score (nSPS) is 12.5. The zero-order chi connectivity index (χ0) is 14.9. The molecule has 0 radical (unpaired) electrons. The smallest absolute Gasteiger partial charge is 0.373 e. The molecule has 8 nitrogen and oxygen atoms in total. The topological polar surface area (TPSA) is 101 Å². The molecule has 0 spiro atoms. The highest BCUT2D eigenvalue weighted by Gasteiger charge is 2.31. The molecule has 9 heteroatoms. The number of carboxylic acid groups (broad SMARTS) is 1. The monoisotopic (exact) mass is 298 g/mol. The predicted octanol–water partition coefficient (Wildman–Crippen LogP) is 1.99. The van der Waals surface area contributed by atoms with Crippen molar-refractivity contribution in [3.8, 4) is 0 Å². The van der Waals surface area contributed by atoms with Crippen LogP contribution in [0.4, 0.5) is 11.6 Å². The van der Waals surface area contributed by atoms with Crippen molar-refractivity contribution in [3.05, 3.63) is 21.7 Å². The summed E-state index contributed by atoms with van der Waals surface area (Å²) in [6, 6.07) is -0.158. The fraction of sp³-hybridized carbons (Fsp3) is 0.455. The molecule has 0 amide bonds. The van der Waals surface area contributed by atoms with Gasteiger partial charge in [0.1, 0.15) is 12.7 Å². The lowest BCUT2D eigenvalue weighted by Gasteiger charge is -2.26. The molecule has 108 valence electrons. The second-order valence-electron chi connectivity index (χ2n) is 4.35. The number of nitrogens with zero attached hydrogens (tertiary/aromatic N) is 4. The number of imidazole rings is 1. The van der Waals surface area contributed by atoms with Crippen LogP contribution in [0.3, 0.4) is 0 Å². The fourth-order valence-corrected chi connectivity index (χ4v) is 2.63. The molecule has 0 bridgehead atoms. The van der Waals surface area contributed by atoms with Crippen LogP contribution in [-0.2, 0) is 4.79 Å². The van der Waals surface area contributed by atoms with E-state index in [-0.39, 0.29) is 24.2 Å². The van der Waals surface area contributed by atoms with Gasteiger partial charge in [0.15, 0.2) is 0 Å². The van der Waals surface area contributed by atoms with E-state index >= 15 is 0 Å². The molecule has 0 saturated heterocycles. The summed E-state index contributed by atoms with van der Waals surface area (Å²) in [5.41, 5.74) is 0. The maximum Gasteiger partial charge on any atom is 0.373 e. The molecular formula is C11H14N4O4S. The molecule has 2 rings (SSSR count). The third-order valence-electron chi connectivity index (χ3n) is 3.09. The van der Waals surface area contributed by atoms with Crippen molar-refractivity contribution in [1.29, 1.82) is 0 Å². The van der Waals surface area contributed by atoms with Gasteiger partial charge in [-0.15, -0.1) is 0 Å². The summed E-state index contributed by atoms with van der Waals surface area (Å²) in [6.45, 7) is 3.39. The van der Waals surface area contributed by atoms with Crippen LogP contribution < -0.4 is 4.90 Å². The Morgan fingerprint density at radius 1 is 1.70 bits per heavy atom. The lowest BCUT2D eigenvalue weighted by atomic mass is 10.2. The number of nitro groups is 1. The highest BCUT2D eigenvalue weighted by atomic mass is 32.1. The van der Waals surface area contributed by atoms with Crippen LogP contribution in [0.2, 0.25) is 0 Å². The van der Waals surface area contributed by atoms with Crippen LogP contribution in [-0.4, -0.2) is 38.0 Å². The van der Waals surface area contributed by atoms with Gasteiger partial charge in [0.25, 0.3) is 4.96 Å². The molecular weight excluding hydrogens is 284 g/mol. The van der Waals surface area contributed by atoms with Crippen molar-refractivity contribution in [2.24, 2.45) is 0 Å². The van der Waals surface area contributed by atoms with Crippen LogP contribution in [0.25, 0.3) is 4.96 Å². The third kappa shape index (κ3) is 2.44. The Morgan fingerprint density at radius 3 is 2.95 bits per heavy atom. The van der Waals surface area contributed by atoms with E-state index in [2.05, 4.69) is 4.98 Å². The molecule has 1 unspecified atom stereocenters. The number of hydrogen-bond acceptors (Lipinski definition) is 6. The summed E-state index contributed by atoms with van der Waals surface area (Å²) in [5, 5.41) is 22.0. The number of aromatic nitrogens is 2. The van der Waals surface area contributed by atoms with Crippen LogP contribution in [0.5, 0.6) is 0 Å². The number of anilines is 1. The van der Waals surface area contributed by atoms with Crippen molar-refractivity contribution in [2.45, 2.75) is 26.3 Å². The number of aliphatic carboxylic acids is 1. The summed E-state index contributed by atoms with van der Waals surface area (Å²) >= 11 is 1.27. The van der Waals surface area contributed by atoms with E-state index in [1.807, 2.05) is 13.8 Å². The SMILES string of the molecule is CCC(C)N(CC(=O)O)c1nc2sccn2c1[N+](=O)[O-]. The minimum absolute atomic E-state index is 0.110. The van der Waals surface area contributed by atoms with E-state index in [0.29, 0.717) is 11.4 Å². The highest BCUT2D eigenvalue weighted by Crippen LogP contribution is 2.32. The molecule has 0 aliphatic heterocycles. The van der Waals surface area contributed by atoms with Crippen molar-refractivity contribution >= 4 is 33.9 Å². The van der Waals surface area contributed by atoms with E-state index in [9.17, 15) is 14.9 Å². The molecule has 0 aliphatic carbocycles. The van der Waals surface area contributed by atoms with Gasteiger partial charge in [0, 0.05) is 11.4 Å². The molecule has 2 aromatic heterocycles. The Labute approximate surface area is 118 Å². The summed E-state index contributed by atoms with van der Waals surface area (Å²) in [6.07, 6.45) is 2.22. The maximum atomic E-state index is 11.3. The molecule has 0 aliphatic rings.